The first-order valence-corrected chi connectivity index (χ1v) is 4.17. The highest BCUT2D eigenvalue weighted by molar-refractivity contribution is 5.89. The molecule has 0 saturated heterocycles. The lowest BCUT2D eigenvalue weighted by Gasteiger charge is -2.05. The Kier molecular flexibility index (Phi) is 3.62. The molecule has 0 aliphatic rings. The van der Waals surface area contributed by atoms with Crippen molar-refractivity contribution in [3.05, 3.63) is 35.4 Å². The molecule has 0 aliphatic carbocycles. The van der Waals surface area contributed by atoms with Crippen LogP contribution in [0.15, 0.2) is 24.3 Å². The van der Waals surface area contributed by atoms with Crippen LogP contribution in [0, 0.1) is 0 Å². The van der Waals surface area contributed by atoms with Crippen molar-refractivity contribution >= 4 is 5.97 Å². The van der Waals surface area contributed by atoms with Crippen LogP contribution < -0.4 is 0 Å². The van der Waals surface area contributed by atoms with Crippen molar-refractivity contribution in [2.24, 2.45) is 0 Å². The third kappa shape index (κ3) is 2.83. The minimum absolute atomic E-state index is 0.102. The molecule has 0 aliphatic heterocycles. The van der Waals surface area contributed by atoms with Gasteiger partial charge in [-0.2, -0.15) is 0 Å². The Morgan fingerprint density at radius 2 is 2.21 bits per heavy atom. The van der Waals surface area contributed by atoms with Crippen molar-refractivity contribution in [2.75, 3.05) is 7.11 Å². The highest BCUT2D eigenvalue weighted by atomic mass is 16.5. The highest BCUT2D eigenvalue weighted by Gasteiger charge is 2.06. The summed E-state index contributed by atoms with van der Waals surface area (Å²) in [6, 6.07) is 6.57. The SMILES string of the molecule is COC(=O)c1cccc(CC(O)O)c1. The van der Waals surface area contributed by atoms with Crippen molar-refractivity contribution in [1.29, 1.82) is 0 Å². The molecule has 4 heteroatoms. The number of aliphatic hydroxyl groups is 2. The van der Waals surface area contributed by atoms with Gasteiger partial charge in [0.1, 0.15) is 0 Å². The van der Waals surface area contributed by atoms with Crippen LogP contribution >= 0.6 is 0 Å². The zero-order valence-corrected chi connectivity index (χ0v) is 7.80. The van der Waals surface area contributed by atoms with Crippen LogP contribution in [0.5, 0.6) is 0 Å². The first-order chi connectivity index (χ1) is 6.63. The minimum atomic E-state index is -1.40. The lowest BCUT2D eigenvalue weighted by atomic mass is 10.1. The minimum Gasteiger partial charge on any atom is -0.465 e. The zero-order chi connectivity index (χ0) is 10.6. The van der Waals surface area contributed by atoms with E-state index in [1.165, 1.54) is 7.11 Å². The Labute approximate surface area is 81.8 Å². The Morgan fingerprint density at radius 3 is 2.79 bits per heavy atom. The first-order valence-electron chi connectivity index (χ1n) is 4.17. The summed E-state index contributed by atoms with van der Waals surface area (Å²) in [5.41, 5.74) is 1.09. The van der Waals surface area contributed by atoms with Gasteiger partial charge in [-0.05, 0) is 17.7 Å². The monoisotopic (exact) mass is 196 g/mol. The lowest BCUT2D eigenvalue weighted by Crippen LogP contribution is -2.09. The second kappa shape index (κ2) is 4.74. The van der Waals surface area contributed by atoms with Crippen LogP contribution in [0.25, 0.3) is 0 Å². The number of ether oxygens (including phenoxy) is 1. The molecule has 0 amide bonds. The van der Waals surface area contributed by atoms with E-state index in [0.29, 0.717) is 11.1 Å². The smallest absolute Gasteiger partial charge is 0.337 e. The number of hydrogen-bond acceptors (Lipinski definition) is 4. The molecule has 1 aromatic rings. The fourth-order valence-electron chi connectivity index (χ4n) is 1.15. The van der Waals surface area contributed by atoms with E-state index in [9.17, 15) is 4.79 Å². The van der Waals surface area contributed by atoms with E-state index in [1.54, 1.807) is 24.3 Å². The van der Waals surface area contributed by atoms with Gasteiger partial charge in [0.25, 0.3) is 0 Å². The van der Waals surface area contributed by atoms with Gasteiger partial charge >= 0.3 is 5.97 Å². The number of hydrogen-bond donors (Lipinski definition) is 2. The van der Waals surface area contributed by atoms with Gasteiger partial charge in [0.05, 0.1) is 12.7 Å². The second-order valence-corrected chi connectivity index (χ2v) is 2.88. The maximum absolute atomic E-state index is 11.1. The Bertz CT molecular complexity index is 320. The molecule has 76 valence electrons. The number of carbonyl (C=O) groups excluding carboxylic acids is 1. The second-order valence-electron chi connectivity index (χ2n) is 2.88. The normalized spacial score (nSPS) is 10.3. The Morgan fingerprint density at radius 1 is 1.50 bits per heavy atom. The molecular weight excluding hydrogens is 184 g/mol. The molecule has 4 nitrogen and oxygen atoms in total. The summed E-state index contributed by atoms with van der Waals surface area (Å²) in [6.07, 6.45) is -1.30. The standard InChI is InChI=1S/C10H12O4/c1-14-10(13)8-4-2-3-7(5-8)6-9(11)12/h2-5,9,11-12H,6H2,1H3. The van der Waals surface area contributed by atoms with Gasteiger partial charge in [0, 0.05) is 6.42 Å². The summed E-state index contributed by atoms with van der Waals surface area (Å²) in [6.45, 7) is 0. The maximum Gasteiger partial charge on any atom is 0.337 e. The largest absolute Gasteiger partial charge is 0.465 e. The van der Waals surface area contributed by atoms with Crippen molar-refractivity contribution < 1.29 is 19.7 Å². The number of aliphatic hydroxyl groups excluding tert-OH is 1. The zero-order valence-electron chi connectivity index (χ0n) is 7.80. The predicted molar refractivity (Wildman–Crippen MR) is 49.7 cm³/mol. The van der Waals surface area contributed by atoms with E-state index in [0.717, 1.165) is 0 Å². The number of benzene rings is 1. The molecule has 0 heterocycles. The molecule has 1 aromatic carbocycles. The van der Waals surface area contributed by atoms with E-state index >= 15 is 0 Å². The van der Waals surface area contributed by atoms with Gasteiger partial charge in [-0.3, -0.25) is 0 Å². The molecule has 0 unspecified atom stereocenters. The van der Waals surface area contributed by atoms with E-state index < -0.39 is 12.3 Å². The third-order valence-corrected chi connectivity index (χ3v) is 1.77. The molecule has 2 N–H and O–H groups in total. The highest BCUT2D eigenvalue weighted by Crippen LogP contribution is 2.08. The predicted octanol–water partition coefficient (Wildman–Crippen LogP) is 0.326. The number of esters is 1. The van der Waals surface area contributed by atoms with E-state index in [1.807, 2.05) is 0 Å². The first kappa shape index (κ1) is 10.7. The summed E-state index contributed by atoms with van der Waals surface area (Å²) in [4.78, 5) is 11.1. The Balaban J connectivity index is 2.84. The molecule has 0 atom stereocenters. The molecular formula is C10H12O4. The summed E-state index contributed by atoms with van der Waals surface area (Å²) in [7, 11) is 1.30. The molecule has 1 rings (SSSR count). The van der Waals surface area contributed by atoms with E-state index in [2.05, 4.69) is 4.74 Å². The molecule has 0 bridgehead atoms. The Hall–Kier alpha value is -1.39. The topological polar surface area (TPSA) is 66.8 Å². The molecule has 14 heavy (non-hydrogen) atoms. The van der Waals surface area contributed by atoms with Crippen LogP contribution in [0.3, 0.4) is 0 Å². The van der Waals surface area contributed by atoms with Crippen LogP contribution in [-0.2, 0) is 11.2 Å². The van der Waals surface area contributed by atoms with Crippen LogP contribution in [0.2, 0.25) is 0 Å². The molecule has 0 radical (unpaired) electrons. The summed E-state index contributed by atoms with van der Waals surface area (Å²) < 4.78 is 4.53. The van der Waals surface area contributed by atoms with Crippen LogP contribution in [-0.4, -0.2) is 29.6 Å². The fraction of sp³-hybridized carbons (Fsp3) is 0.300. The van der Waals surface area contributed by atoms with Gasteiger partial charge in [0.15, 0.2) is 6.29 Å². The average molecular weight is 196 g/mol. The quantitative estimate of drug-likeness (QED) is 0.540. The van der Waals surface area contributed by atoms with Crippen molar-refractivity contribution in [2.45, 2.75) is 12.7 Å². The van der Waals surface area contributed by atoms with Gasteiger partial charge < -0.3 is 14.9 Å². The van der Waals surface area contributed by atoms with Crippen LogP contribution in [0.1, 0.15) is 15.9 Å². The van der Waals surface area contributed by atoms with E-state index in [4.69, 9.17) is 10.2 Å². The van der Waals surface area contributed by atoms with Crippen molar-refractivity contribution in [3.63, 3.8) is 0 Å². The molecule has 0 fully saturated rings. The summed E-state index contributed by atoms with van der Waals surface area (Å²) in [5, 5.41) is 17.5. The number of rotatable bonds is 3. The maximum atomic E-state index is 11.1. The van der Waals surface area contributed by atoms with Gasteiger partial charge in [0.2, 0.25) is 0 Å². The summed E-state index contributed by atoms with van der Waals surface area (Å²) >= 11 is 0. The van der Waals surface area contributed by atoms with Crippen LogP contribution in [0.4, 0.5) is 0 Å². The van der Waals surface area contributed by atoms with Gasteiger partial charge in [-0.25, -0.2) is 4.79 Å². The third-order valence-electron chi connectivity index (χ3n) is 1.77. The number of carbonyl (C=O) groups is 1. The molecule has 0 aromatic heterocycles. The molecule has 0 spiro atoms. The number of methoxy groups -OCH3 is 1. The van der Waals surface area contributed by atoms with Crippen molar-refractivity contribution in [3.8, 4) is 0 Å². The van der Waals surface area contributed by atoms with E-state index in [-0.39, 0.29) is 6.42 Å². The van der Waals surface area contributed by atoms with Crippen molar-refractivity contribution in [1.82, 2.24) is 0 Å². The van der Waals surface area contributed by atoms with Gasteiger partial charge in [-0.1, -0.05) is 12.1 Å². The fourth-order valence-corrected chi connectivity index (χ4v) is 1.15. The van der Waals surface area contributed by atoms with Gasteiger partial charge in [-0.15, -0.1) is 0 Å². The average Bonchev–Trinajstić information content (AvgIpc) is 2.16. The lowest BCUT2D eigenvalue weighted by molar-refractivity contribution is -0.0381. The molecule has 0 saturated carbocycles. The summed E-state index contributed by atoms with van der Waals surface area (Å²) in [5.74, 6) is -0.431.